The van der Waals surface area contributed by atoms with Crippen LogP contribution in [-0.4, -0.2) is 38.0 Å². The molecule has 0 amide bonds. The summed E-state index contributed by atoms with van der Waals surface area (Å²) in [6.07, 6.45) is 0. The highest BCUT2D eigenvalue weighted by Crippen LogP contribution is 2.35. The molecule has 9 heteroatoms. The van der Waals surface area contributed by atoms with Gasteiger partial charge in [0.1, 0.15) is 18.2 Å². The monoisotopic (exact) mass is 478 g/mol. The Morgan fingerprint density at radius 1 is 1.22 bits per heavy atom. The number of carbonyl (C=O) groups excluding carboxylic acids is 1. The average molecular weight is 479 g/mol. The van der Waals surface area contributed by atoms with E-state index >= 15 is 0 Å². The van der Waals surface area contributed by atoms with Crippen molar-refractivity contribution in [1.29, 1.82) is 0 Å². The zero-order valence-corrected chi connectivity index (χ0v) is 19.6. The molecule has 0 saturated carbocycles. The molecule has 0 bridgehead atoms. The van der Waals surface area contributed by atoms with Crippen molar-refractivity contribution < 1.29 is 23.4 Å². The second kappa shape index (κ2) is 10.8. The third-order valence-electron chi connectivity index (χ3n) is 4.91. The Labute approximate surface area is 196 Å². The van der Waals surface area contributed by atoms with E-state index in [1.54, 1.807) is 17.9 Å². The minimum absolute atomic E-state index is 0.0454. The number of nitrogens with zero attached hydrogens (tertiary/aromatic N) is 1. The first kappa shape index (κ1) is 24.0. The number of ether oxygens (including phenoxy) is 3. The Balaban J connectivity index is 2.04. The van der Waals surface area contributed by atoms with Crippen LogP contribution in [-0.2, 0) is 14.3 Å². The summed E-state index contributed by atoms with van der Waals surface area (Å²) in [6, 6.07) is 11.1. The molecule has 1 aliphatic heterocycles. The van der Waals surface area contributed by atoms with E-state index in [2.05, 4.69) is 5.32 Å². The highest BCUT2D eigenvalue weighted by molar-refractivity contribution is 7.80. The number of allylic oxidation sites excluding steroid dienone is 1. The van der Waals surface area contributed by atoms with E-state index in [0.29, 0.717) is 28.7 Å². The number of thiocarbonyl (C=S) groups is 1. The van der Waals surface area contributed by atoms with Gasteiger partial charge in [0.25, 0.3) is 0 Å². The van der Waals surface area contributed by atoms with Gasteiger partial charge in [-0.3, -0.25) is 4.90 Å². The van der Waals surface area contributed by atoms with Gasteiger partial charge in [-0.15, -0.1) is 0 Å². The molecular formula is C23H24ClFN2O4S. The number of hydrogen-bond donors (Lipinski definition) is 1. The van der Waals surface area contributed by atoms with Gasteiger partial charge in [-0.05, 0) is 62.0 Å². The molecule has 1 unspecified atom stereocenters. The number of carbonyl (C=O) groups is 1. The van der Waals surface area contributed by atoms with E-state index in [1.807, 2.05) is 31.2 Å². The first-order valence-electron chi connectivity index (χ1n) is 10.0. The van der Waals surface area contributed by atoms with Crippen LogP contribution < -0.4 is 15.0 Å². The molecule has 6 nitrogen and oxygen atoms in total. The van der Waals surface area contributed by atoms with Crippen LogP contribution in [0.4, 0.5) is 10.1 Å². The van der Waals surface area contributed by atoms with Gasteiger partial charge in [0, 0.05) is 18.5 Å². The fraction of sp³-hybridized carbons (Fsp3) is 0.304. The largest absolute Gasteiger partial charge is 0.494 e. The standard InChI is InChI=1S/C23H24ClFN2O4S/c1-4-30-17-8-5-15(6-9-17)21-20(22(28)31-12-11-29-3)14(2)27(23(32)26-21)16-7-10-19(25)18(24)13-16/h5-10,13,21H,4,11-12H2,1-3H3,(H,26,32). The highest BCUT2D eigenvalue weighted by atomic mass is 35.5. The maximum absolute atomic E-state index is 13.7. The van der Waals surface area contributed by atoms with Gasteiger partial charge in [-0.1, -0.05) is 23.7 Å². The van der Waals surface area contributed by atoms with Gasteiger partial charge in [-0.25, -0.2) is 9.18 Å². The molecule has 2 aromatic rings. The Morgan fingerprint density at radius 2 is 1.94 bits per heavy atom. The molecule has 1 heterocycles. The Kier molecular flexibility index (Phi) is 8.06. The lowest BCUT2D eigenvalue weighted by Crippen LogP contribution is -2.48. The van der Waals surface area contributed by atoms with E-state index in [-0.39, 0.29) is 18.2 Å². The summed E-state index contributed by atoms with van der Waals surface area (Å²) in [7, 11) is 1.53. The topological polar surface area (TPSA) is 60.0 Å². The Bertz CT molecular complexity index is 1030. The number of hydrogen-bond acceptors (Lipinski definition) is 5. The van der Waals surface area contributed by atoms with Crippen molar-refractivity contribution in [2.75, 3.05) is 31.8 Å². The molecule has 2 aromatic carbocycles. The number of nitrogens with one attached hydrogen (secondary N) is 1. The van der Waals surface area contributed by atoms with Crippen molar-refractivity contribution in [1.82, 2.24) is 5.32 Å². The number of methoxy groups -OCH3 is 1. The van der Waals surface area contributed by atoms with Gasteiger partial charge in [0.05, 0.1) is 29.9 Å². The number of esters is 1. The van der Waals surface area contributed by atoms with Crippen molar-refractivity contribution in [2.24, 2.45) is 0 Å². The lowest BCUT2D eigenvalue weighted by atomic mass is 9.94. The van der Waals surface area contributed by atoms with Crippen LogP contribution in [0.15, 0.2) is 53.7 Å². The minimum atomic E-state index is -0.542. The van der Waals surface area contributed by atoms with Crippen LogP contribution in [0, 0.1) is 5.82 Å². The Morgan fingerprint density at radius 3 is 2.56 bits per heavy atom. The normalized spacial score (nSPS) is 16.1. The molecule has 1 N–H and O–H groups in total. The van der Waals surface area contributed by atoms with Crippen LogP contribution >= 0.6 is 23.8 Å². The van der Waals surface area contributed by atoms with Crippen LogP contribution in [0.25, 0.3) is 0 Å². The van der Waals surface area contributed by atoms with Crippen molar-refractivity contribution in [3.63, 3.8) is 0 Å². The zero-order chi connectivity index (χ0) is 23.3. The highest BCUT2D eigenvalue weighted by Gasteiger charge is 2.35. The van der Waals surface area contributed by atoms with E-state index in [9.17, 15) is 9.18 Å². The quantitative estimate of drug-likeness (QED) is 0.333. The molecule has 0 saturated heterocycles. The van der Waals surface area contributed by atoms with E-state index in [4.69, 9.17) is 38.0 Å². The van der Waals surface area contributed by atoms with E-state index in [0.717, 1.165) is 11.3 Å². The van der Waals surface area contributed by atoms with Gasteiger partial charge in [0.2, 0.25) is 0 Å². The second-order valence-electron chi connectivity index (χ2n) is 6.95. The molecule has 32 heavy (non-hydrogen) atoms. The molecule has 170 valence electrons. The van der Waals surface area contributed by atoms with Gasteiger partial charge in [-0.2, -0.15) is 0 Å². The summed E-state index contributed by atoms with van der Waals surface area (Å²) in [5, 5.41) is 3.51. The van der Waals surface area contributed by atoms with Gasteiger partial charge in [0.15, 0.2) is 5.11 Å². The van der Waals surface area contributed by atoms with Crippen molar-refractivity contribution in [3.05, 3.63) is 70.1 Å². The van der Waals surface area contributed by atoms with Crippen LogP contribution in [0.2, 0.25) is 5.02 Å². The van der Waals surface area contributed by atoms with Crippen LogP contribution in [0.1, 0.15) is 25.5 Å². The molecule has 1 atom stereocenters. The lowest BCUT2D eigenvalue weighted by Gasteiger charge is -2.37. The first-order chi connectivity index (χ1) is 15.4. The SMILES string of the molecule is CCOc1ccc(C2NC(=S)N(c3ccc(F)c(Cl)c3)C(C)=C2C(=O)OCCOC)cc1. The van der Waals surface area contributed by atoms with Crippen molar-refractivity contribution >= 4 is 40.6 Å². The molecule has 0 radical (unpaired) electrons. The average Bonchev–Trinajstić information content (AvgIpc) is 2.76. The summed E-state index contributed by atoms with van der Waals surface area (Å²) in [6.45, 7) is 4.60. The van der Waals surface area contributed by atoms with Crippen molar-refractivity contribution in [2.45, 2.75) is 19.9 Å². The number of halogens is 2. The molecule has 0 aliphatic carbocycles. The lowest BCUT2D eigenvalue weighted by molar-refractivity contribution is -0.140. The third kappa shape index (κ3) is 5.20. The molecule has 0 aromatic heterocycles. The predicted octanol–water partition coefficient (Wildman–Crippen LogP) is 4.78. The molecule has 1 aliphatic rings. The number of rotatable bonds is 8. The van der Waals surface area contributed by atoms with Gasteiger partial charge < -0.3 is 19.5 Å². The minimum Gasteiger partial charge on any atom is -0.494 e. The number of anilines is 1. The van der Waals surface area contributed by atoms with E-state index < -0.39 is 17.8 Å². The van der Waals surface area contributed by atoms with Gasteiger partial charge >= 0.3 is 5.97 Å². The molecular weight excluding hydrogens is 455 g/mol. The van der Waals surface area contributed by atoms with Crippen molar-refractivity contribution in [3.8, 4) is 5.75 Å². The fourth-order valence-electron chi connectivity index (χ4n) is 3.41. The summed E-state index contributed by atoms with van der Waals surface area (Å²) < 4.78 is 29.6. The molecule has 0 spiro atoms. The smallest absolute Gasteiger partial charge is 0.338 e. The first-order valence-corrected chi connectivity index (χ1v) is 10.8. The summed E-state index contributed by atoms with van der Waals surface area (Å²) in [5.74, 6) is -0.326. The van der Waals surface area contributed by atoms with Crippen LogP contribution in [0.5, 0.6) is 5.75 Å². The molecule has 3 rings (SSSR count). The second-order valence-corrected chi connectivity index (χ2v) is 7.74. The maximum Gasteiger partial charge on any atom is 0.338 e. The summed E-state index contributed by atoms with van der Waals surface area (Å²) in [4.78, 5) is 14.7. The summed E-state index contributed by atoms with van der Waals surface area (Å²) in [5.41, 5.74) is 2.27. The maximum atomic E-state index is 13.7. The Hall–Kier alpha value is -2.68. The van der Waals surface area contributed by atoms with E-state index in [1.165, 1.54) is 19.2 Å². The predicted molar refractivity (Wildman–Crippen MR) is 126 cm³/mol. The third-order valence-corrected chi connectivity index (χ3v) is 5.50. The summed E-state index contributed by atoms with van der Waals surface area (Å²) >= 11 is 11.6. The fourth-order valence-corrected chi connectivity index (χ4v) is 3.95. The van der Waals surface area contributed by atoms with Crippen LogP contribution in [0.3, 0.4) is 0 Å². The zero-order valence-electron chi connectivity index (χ0n) is 18.0. The number of benzene rings is 2. The molecule has 0 fully saturated rings.